The largest absolute Gasteiger partial charge is 0.465 e. The predicted octanol–water partition coefficient (Wildman–Crippen LogP) is 3.37. The first-order chi connectivity index (χ1) is 12.0. The Labute approximate surface area is 153 Å². The van der Waals surface area contributed by atoms with Crippen LogP contribution in [0.1, 0.15) is 24.3 Å². The SMILES string of the molecule is C[C@@H](NC(=O)COC(=O)/C(C#N)=C/c1ccco1)c1ccc(Br)cc1. The van der Waals surface area contributed by atoms with Crippen molar-refractivity contribution in [1.29, 1.82) is 5.26 Å². The van der Waals surface area contributed by atoms with E-state index in [9.17, 15) is 9.59 Å². The molecule has 0 fully saturated rings. The van der Waals surface area contributed by atoms with E-state index >= 15 is 0 Å². The van der Waals surface area contributed by atoms with Crippen LogP contribution in [0.15, 0.2) is 57.1 Å². The van der Waals surface area contributed by atoms with Gasteiger partial charge in [-0.2, -0.15) is 5.26 Å². The second-order valence-corrected chi connectivity index (χ2v) is 6.02. The van der Waals surface area contributed by atoms with Gasteiger partial charge in [-0.25, -0.2) is 4.79 Å². The van der Waals surface area contributed by atoms with Gasteiger partial charge in [-0.05, 0) is 36.8 Å². The van der Waals surface area contributed by atoms with E-state index in [1.165, 1.54) is 12.3 Å². The second-order valence-electron chi connectivity index (χ2n) is 5.10. The van der Waals surface area contributed by atoms with Crippen LogP contribution in [-0.2, 0) is 14.3 Å². The van der Waals surface area contributed by atoms with Crippen molar-refractivity contribution in [2.45, 2.75) is 13.0 Å². The molecule has 0 aliphatic heterocycles. The van der Waals surface area contributed by atoms with Crippen molar-refractivity contribution in [2.24, 2.45) is 0 Å². The van der Waals surface area contributed by atoms with Gasteiger partial charge in [0, 0.05) is 10.5 Å². The molecular weight excluding hydrogens is 388 g/mol. The zero-order chi connectivity index (χ0) is 18.2. The van der Waals surface area contributed by atoms with Gasteiger partial charge in [-0.3, -0.25) is 4.79 Å². The number of nitrogens with one attached hydrogen (secondary N) is 1. The summed E-state index contributed by atoms with van der Waals surface area (Å²) in [4.78, 5) is 23.8. The van der Waals surface area contributed by atoms with Crippen LogP contribution in [0.5, 0.6) is 0 Å². The number of furan rings is 1. The van der Waals surface area contributed by atoms with E-state index in [0.717, 1.165) is 10.0 Å². The molecular formula is C18H15BrN2O4. The summed E-state index contributed by atoms with van der Waals surface area (Å²) in [5, 5.41) is 11.7. The maximum atomic E-state index is 11.9. The summed E-state index contributed by atoms with van der Waals surface area (Å²) < 4.78 is 10.8. The molecule has 0 spiro atoms. The molecule has 25 heavy (non-hydrogen) atoms. The summed E-state index contributed by atoms with van der Waals surface area (Å²) in [6.07, 6.45) is 2.67. The number of halogens is 1. The average molecular weight is 403 g/mol. The third-order valence-electron chi connectivity index (χ3n) is 3.25. The van der Waals surface area contributed by atoms with Crippen molar-refractivity contribution in [1.82, 2.24) is 5.32 Å². The quantitative estimate of drug-likeness (QED) is 0.454. The maximum Gasteiger partial charge on any atom is 0.349 e. The molecule has 1 atom stereocenters. The first-order valence-corrected chi connectivity index (χ1v) is 8.16. The van der Waals surface area contributed by atoms with Crippen LogP contribution in [0.3, 0.4) is 0 Å². The van der Waals surface area contributed by atoms with Crippen LogP contribution in [-0.4, -0.2) is 18.5 Å². The first-order valence-electron chi connectivity index (χ1n) is 7.37. The van der Waals surface area contributed by atoms with Gasteiger partial charge in [0.25, 0.3) is 5.91 Å². The standard InChI is InChI=1S/C18H15BrN2O4/c1-12(13-4-6-15(19)7-5-13)21-17(22)11-25-18(23)14(10-20)9-16-3-2-8-24-16/h2-9,12H,11H2,1H3,(H,21,22)/b14-9+/t12-/m1/s1. The third-order valence-corrected chi connectivity index (χ3v) is 3.78. The van der Waals surface area contributed by atoms with E-state index in [-0.39, 0.29) is 11.6 Å². The van der Waals surface area contributed by atoms with E-state index in [2.05, 4.69) is 21.2 Å². The van der Waals surface area contributed by atoms with Crippen molar-refractivity contribution in [3.63, 3.8) is 0 Å². The molecule has 0 unspecified atom stereocenters. The van der Waals surface area contributed by atoms with Crippen LogP contribution in [0, 0.1) is 11.3 Å². The Morgan fingerprint density at radius 3 is 2.68 bits per heavy atom. The molecule has 128 valence electrons. The van der Waals surface area contributed by atoms with Crippen LogP contribution in [0.25, 0.3) is 6.08 Å². The molecule has 0 saturated carbocycles. The van der Waals surface area contributed by atoms with E-state index in [0.29, 0.717) is 5.76 Å². The minimum atomic E-state index is -0.884. The summed E-state index contributed by atoms with van der Waals surface area (Å²) in [6.45, 7) is 1.34. The number of carbonyl (C=O) groups excluding carboxylic acids is 2. The second kappa shape index (κ2) is 8.85. The molecule has 0 aliphatic carbocycles. The number of rotatable bonds is 6. The Hall–Kier alpha value is -2.85. The predicted molar refractivity (Wildman–Crippen MR) is 94.0 cm³/mol. The third kappa shape index (κ3) is 5.62. The minimum absolute atomic E-state index is 0.242. The lowest BCUT2D eigenvalue weighted by Crippen LogP contribution is -2.31. The van der Waals surface area contributed by atoms with Crippen LogP contribution in [0.2, 0.25) is 0 Å². The monoisotopic (exact) mass is 402 g/mol. The van der Waals surface area contributed by atoms with Crippen molar-refractivity contribution < 1.29 is 18.7 Å². The minimum Gasteiger partial charge on any atom is -0.465 e. The lowest BCUT2D eigenvalue weighted by atomic mass is 10.1. The van der Waals surface area contributed by atoms with Gasteiger partial charge in [0.15, 0.2) is 6.61 Å². The molecule has 0 bridgehead atoms. The Morgan fingerprint density at radius 2 is 2.08 bits per heavy atom. The molecule has 1 N–H and O–H groups in total. The van der Waals surface area contributed by atoms with Gasteiger partial charge in [0.05, 0.1) is 12.3 Å². The van der Waals surface area contributed by atoms with Gasteiger partial charge in [-0.15, -0.1) is 0 Å². The lowest BCUT2D eigenvalue weighted by molar-refractivity contribution is -0.144. The Morgan fingerprint density at radius 1 is 1.36 bits per heavy atom. The molecule has 1 aromatic heterocycles. The molecule has 7 heteroatoms. The smallest absolute Gasteiger partial charge is 0.349 e. The number of hydrogen-bond acceptors (Lipinski definition) is 5. The fourth-order valence-electron chi connectivity index (χ4n) is 1.98. The maximum absolute atomic E-state index is 11.9. The van der Waals surface area contributed by atoms with Gasteiger partial charge < -0.3 is 14.5 Å². The van der Waals surface area contributed by atoms with E-state index in [4.69, 9.17) is 14.4 Å². The van der Waals surface area contributed by atoms with Crippen molar-refractivity contribution in [3.8, 4) is 6.07 Å². The molecule has 1 amide bonds. The number of ether oxygens (including phenoxy) is 1. The molecule has 1 heterocycles. The molecule has 6 nitrogen and oxygen atoms in total. The molecule has 0 aliphatic rings. The summed E-state index contributed by atoms with van der Waals surface area (Å²) in [5.74, 6) is -0.994. The molecule has 0 radical (unpaired) electrons. The highest BCUT2D eigenvalue weighted by molar-refractivity contribution is 9.10. The zero-order valence-electron chi connectivity index (χ0n) is 13.4. The highest BCUT2D eigenvalue weighted by atomic mass is 79.9. The number of benzene rings is 1. The van der Waals surface area contributed by atoms with Crippen LogP contribution in [0.4, 0.5) is 0 Å². The van der Waals surface area contributed by atoms with Gasteiger partial charge in [-0.1, -0.05) is 28.1 Å². The van der Waals surface area contributed by atoms with Crippen molar-refractivity contribution >= 4 is 33.9 Å². The number of hydrogen-bond donors (Lipinski definition) is 1. The average Bonchev–Trinajstić information content (AvgIpc) is 3.11. The lowest BCUT2D eigenvalue weighted by Gasteiger charge is -2.14. The highest BCUT2D eigenvalue weighted by Gasteiger charge is 2.15. The van der Waals surface area contributed by atoms with Crippen LogP contribution >= 0.6 is 15.9 Å². The fourth-order valence-corrected chi connectivity index (χ4v) is 2.24. The first kappa shape index (κ1) is 18.5. The summed E-state index contributed by atoms with van der Waals surface area (Å²) in [6, 6.07) is 12.2. The Bertz CT molecular complexity index is 805. The number of amides is 1. The van der Waals surface area contributed by atoms with E-state index in [1.807, 2.05) is 31.2 Å². The van der Waals surface area contributed by atoms with Gasteiger partial charge in [0.2, 0.25) is 0 Å². The molecule has 1 aromatic carbocycles. The highest BCUT2D eigenvalue weighted by Crippen LogP contribution is 2.16. The number of carbonyl (C=O) groups is 2. The molecule has 2 rings (SSSR count). The number of esters is 1. The number of nitrogens with zero attached hydrogens (tertiary/aromatic N) is 1. The summed E-state index contributed by atoms with van der Waals surface area (Å²) in [5.41, 5.74) is 0.669. The zero-order valence-corrected chi connectivity index (χ0v) is 14.9. The van der Waals surface area contributed by atoms with Gasteiger partial charge >= 0.3 is 5.97 Å². The Balaban J connectivity index is 1.87. The molecule has 0 saturated heterocycles. The normalized spacial score (nSPS) is 12.1. The summed E-state index contributed by atoms with van der Waals surface area (Å²) in [7, 11) is 0. The van der Waals surface area contributed by atoms with Crippen LogP contribution < -0.4 is 5.32 Å². The van der Waals surface area contributed by atoms with Crippen molar-refractivity contribution in [3.05, 3.63) is 64.0 Å². The summed E-state index contributed by atoms with van der Waals surface area (Å²) >= 11 is 3.34. The van der Waals surface area contributed by atoms with E-state index < -0.39 is 18.5 Å². The molecule has 2 aromatic rings. The fraction of sp³-hybridized carbons (Fsp3) is 0.167. The van der Waals surface area contributed by atoms with E-state index in [1.54, 1.807) is 18.2 Å². The topological polar surface area (TPSA) is 92.3 Å². The Kier molecular flexibility index (Phi) is 6.54. The number of nitriles is 1. The van der Waals surface area contributed by atoms with Gasteiger partial charge in [0.1, 0.15) is 17.4 Å². The van der Waals surface area contributed by atoms with Crippen molar-refractivity contribution in [2.75, 3.05) is 6.61 Å².